The predicted molar refractivity (Wildman–Crippen MR) is 112 cm³/mol. The Labute approximate surface area is 171 Å². The lowest BCUT2D eigenvalue weighted by Gasteiger charge is -2.49. The molecule has 2 aliphatic rings. The largest absolute Gasteiger partial charge is 0.466 e. The number of nitrogens with two attached hydrogens (primary N) is 1. The highest BCUT2D eigenvalue weighted by molar-refractivity contribution is 5.91. The number of aromatic nitrogens is 1. The van der Waals surface area contributed by atoms with Gasteiger partial charge in [0.2, 0.25) is 5.91 Å². The molecule has 2 heterocycles. The molecule has 0 radical (unpaired) electrons. The second kappa shape index (κ2) is 7.46. The van der Waals surface area contributed by atoms with Crippen LogP contribution >= 0.6 is 0 Å². The van der Waals surface area contributed by atoms with Gasteiger partial charge >= 0.3 is 5.97 Å². The van der Waals surface area contributed by atoms with E-state index in [0.717, 1.165) is 18.4 Å². The van der Waals surface area contributed by atoms with E-state index in [1.54, 1.807) is 14.0 Å². The van der Waals surface area contributed by atoms with E-state index in [0.29, 0.717) is 12.6 Å². The molecule has 1 fully saturated rings. The van der Waals surface area contributed by atoms with Crippen LogP contribution in [-0.2, 0) is 20.7 Å². The Morgan fingerprint density at radius 1 is 1.41 bits per heavy atom. The zero-order valence-corrected chi connectivity index (χ0v) is 17.3. The second-order valence-electron chi connectivity index (χ2n) is 8.44. The lowest BCUT2D eigenvalue weighted by Crippen LogP contribution is -2.64. The molecule has 4 atom stereocenters. The molecule has 1 amide bonds. The fraction of sp³-hybridized carbons (Fsp3) is 0.545. The second-order valence-corrected chi connectivity index (χ2v) is 8.44. The molecule has 2 aromatic rings. The Morgan fingerprint density at radius 3 is 2.93 bits per heavy atom. The van der Waals surface area contributed by atoms with Crippen LogP contribution in [0.25, 0.3) is 10.9 Å². The van der Waals surface area contributed by atoms with E-state index in [2.05, 4.69) is 46.6 Å². The zero-order chi connectivity index (χ0) is 20.8. The number of benzene rings is 1. The summed E-state index contributed by atoms with van der Waals surface area (Å²) >= 11 is 0. The summed E-state index contributed by atoms with van der Waals surface area (Å²) in [4.78, 5) is 30.8. The molecule has 0 saturated carbocycles. The van der Waals surface area contributed by atoms with Crippen LogP contribution < -0.4 is 11.1 Å². The molecule has 29 heavy (non-hydrogen) atoms. The summed E-state index contributed by atoms with van der Waals surface area (Å²) in [6, 6.07) is 6.73. The first kappa shape index (κ1) is 19.9. The number of hydrogen-bond donors (Lipinski definition) is 3. The minimum atomic E-state index is -1.30. The molecule has 1 aromatic carbocycles. The fourth-order valence-electron chi connectivity index (χ4n) is 5.41. The average molecular weight is 399 g/mol. The van der Waals surface area contributed by atoms with Crippen molar-refractivity contribution in [1.29, 1.82) is 0 Å². The smallest absolute Gasteiger partial charge is 0.308 e. The number of aromatic amines is 1. The maximum absolute atomic E-state index is 12.8. The van der Waals surface area contributed by atoms with E-state index in [1.807, 2.05) is 0 Å². The number of ether oxygens (including phenoxy) is 1. The van der Waals surface area contributed by atoms with Crippen LogP contribution in [0, 0.1) is 5.92 Å². The minimum Gasteiger partial charge on any atom is -0.466 e. The monoisotopic (exact) mass is 398 g/mol. The van der Waals surface area contributed by atoms with Gasteiger partial charge in [0.25, 0.3) is 0 Å². The number of piperidine rings is 1. The molecule has 7 heteroatoms. The van der Waals surface area contributed by atoms with Crippen molar-refractivity contribution in [1.82, 2.24) is 15.2 Å². The highest BCUT2D eigenvalue weighted by Gasteiger charge is 2.50. The van der Waals surface area contributed by atoms with Crippen LogP contribution in [0.5, 0.6) is 0 Å². The van der Waals surface area contributed by atoms with E-state index in [4.69, 9.17) is 10.5 Å². The van der Waals surface area contributed by atoms with Gasteiger partial charge in [-0.1, -0.05) is 12.1 Å². The number of nitrogens with one attached hydrogen (secondary N) is 2. The number of carbonyl (C=O) groups is 2. The van der Waals surface area contributed by atoms with Crippen molar-refractivity contribution in [2.24, 2.45) is 11.7 Å². The number of hydrogen-bond acceptors (Lipinski definition) is 5. The van der Waals surface area contributed by atoms with Gasteiger partial charge in [0.1, 0.15) is 5.54 Å². The number of likely N-dealkylation sites (N-methyl/N-ethyl adjacent to an activating group) is 2. The fourth-order valence-corrected chi connectivity index (χ4v) is 5.41. The third kappa shape index (κ3) is 3.22. The van der Waals surface area contributed by atoms with Crippen molar-refractivity contribution < 1.29 is 14.3 Å². The van der Waals surface area contributed by atoms with Crippen LogP contribution in [0.3, 0.4) is 0 Å². The van der Waals surface area contributed by atoms with E-state index in [1.165, 1.54) is 16.5 Å². The number of rotatable bonds is 5. The summed E-state index contributed by atoms with van der Waals surface area (Å²) in [6.45, 7) is 2.70. The van der Waals surface area contributed by atoms with Gasteiger partial charge in [-0.05, 0) is 49.9 Å². The first-order valence-corrected chi connectivity index (χ1v) is 10.3. The summed E-state index contributed by atoms with van der Waals surface area (Å²) in [6.07, 6.45) is 3.74. The van der Waals surface area contributed by atoms with Gasteiger partial charge < -0.3 is 25.7 Å². The number of esters is 1. The van der Waals surface area contributed by atoms with Crippen molar-refractivity contribution >= 4 is 22.8 Å². The summed E-state index contributed by atoms with van der Waals surface area (Å²) < 4.78 is 5.12. The Hall–Kier alpha value is -2.38. The predicted octanol–water partition coefficient (Wildman–Crippen LogP) is 1.52. The van der Waals surface area contributed by atoms with Crippen molar-refractivity contribution in [3.8, 4) is 0 Å². The van der Waals surface area contributed by atoms with E-state index in [9.17, 15) is 9.59 Å². The lowest BCUT2D eigenvalue weighted by atomic mass is 9.67. The molecule has 1 aliphatic heterocycles. The average Bonchev–Trinajstić information content (AvgIpc) is 3.12. The van der Waals surface area contributed by atoms with Crippen LogP contribution in [-0.4, -0.2) is 60.6 Å². The molecule has 4 rings (SSSR count). The Balaban J connectivity index is 1.70. The number of amides is 1. The number of likely N-dealkylation sites (tertiary alicyclic amines) is 1. The molecule has 1 aliphatic carbocycles. The maximum Gasteiger partial charge on any atom is 0.308 e. The highest BCUT2D eigenvalue weighted by Crippen LogP contribution is 2.46. The van der Waals surface area contributed by atoms with Gasteiger partial charge in [0.05, 0.1) is 13.0 Å². The quantitative estimate of drug-likeness (QED) is 0.663. The molecule has 1 saturated heterocycles. The molecule has 2 unspecified atom stereocenters. The number of H-pyrrole nitrogens is 1. The van der Waals surface area contributed by atoms with Gasteiger partial charge in [0.15, 0.2) is 0 Å². The third-order valence-electron chi connectivity index (χ3n) is 6.85. The molecule has 0 spiro atoms. The first-order valence-electron chi connectivity index (χ1n) is 10.3. The SMILES string of the molecule is CCOC(=O)CC(N)(C(=O)NC)C1C[C@@H]2c3cccc4[nH]cc(c34)C[C@H]2N(C)C1. The molecular weight excluding hydrogens is 368 g/mol. The van der Waals surface area contributed by atoms with Gasteiger partial charge in [-0.15, -0.1) is 0 Å². The van der Waals surface area contributed by atoms with Crippen molar-refractivity contribution in [2.45, 2.75) is 43.7 Å². The molecule has 7 nitrogen and oxygen atoms in total. The molecule has 4 N–H and O–H groups in total. The summed E-state index contributed by atoms with van der Waals surface area (Å²) in [5.41, 5.74) is 9.17. The van der Waals surface area contributed by atoms with Crippen LogP contribution in [0.15, 0.2) is 24.4 Å². The topological polar surface area (TPSA) is 100 Å². The Kier molecular flexibility index (Phi) is 5.12. The van der Waals surface area contributed by atoms with Crippen molar-refractivity contribution in [3.05, 3.63) is 35.5 Å². The van der Waals surface area contributed by atoms with Gasteiger partial charge in [-0.2, -0.15) is 0 Å². The summed E-state index contributed by atoms with van der Waals surface area (Å²) in [7, 11) is 3.66. The summed E-state index contributed by atoms with van der Waals surface area (Å²) in [5, 5.41) is 3.97. The van der Waals surface area contributed by atoms with Crippen LogP contribution in [0.2, 0.25) is 0 Å². The molecule has 1 aromatic heterocycles. The van der Waals surface area contributed by atoms with E-state index >= 15 is 0 Å². The molecular formula is C22H30N4O3. The van der Waals surface area contributed by atoms with E-state index < -0.39 is 11.5 Å². The number of fused-ring (bicyclic) bond motifs is 2. The lowest BCUT2D eigenvalue weighted by molar-refractivity contribution is -0.149. The highest BCUT2D eigenvalue weighted by atomic mass is 16.5. The van der Waals surface area contributed by atoms with Crippen LogP contribution in [0.1, 0.15) is 36.8 Å². The first-order chi connectivity index (χ1) is 13.9. The third-order valence-corrected chi connectivity index (χ3v) is 6.85. The molecule has 156 valence electrons. The Morgan fingerprint density at radius 2 is 2.21 bits per heavy atom. The maximum atomic E-state index is 12.8. The summed E-state index contributed by atoms with van der Waals surface area (Å²) in [5.74, 6) is -0.629. The van der Waals surface area contributed by atoms with Crippen LogP contribution in [0.4, 0.5) is 0 Å². The van der Waals surface area contributed by atoms with Gasteiger partial charge in [-0.25, -0.2) is 0 Å². The zero-order valence-electron chi connectivity index (χ0n) is 17.3. The van der Waals surface area contributed by atoms with Gasteiger partial charge in [-0.3, -0.25) is 9.59 Å². The van der Waals surface area contributed by atoms with Gasteiger partial charge in [0, 0.05) is 42.7 Å². The minimum absolute atomic E-state index is 0.115. The van der Waals surface area contributed by atoms with Crippen molar-refractivity contribution in [3.63, 3.8) is 0 Å². The van der Waals surface area contributed by atoms with E-state index in [-0.39, 0.29) is 30.8 Å². The standard InChI is InChI=1S/C22H30N4O3/c1-4-29-19(27)10-22(23,21(28)24-2)14-9-16-15-6-5-7-17-20(15)13(11-25-17)8-18(16)26(3)12-14/h5-7,11,14,16,18,25H,4,8-10,12,23H2,1-3H3,(H,24,28)/t14?,16-,18-,22?/m1/s1. The van der Waals surface area contributed by atoms with Crippen molar-refractivity contribution in [2.75, 3.05) is 27.2 Å². The normalized spacial score (nSPS) is 25.9. The molecule has 0 bridgehead atoms. The number of nitrogens with zero attached hydrogens (tertiary/aromatic N) is 1. The number of carbonyl (C=O) groups excluding carboxylic acids is 2. The Bertz CT molecular complexity index is 939.